The number of carbonyl (C=O) groups is 1. The molecule has 1 atom stereocenters. The van der Waals surface area contributed by atoms with Gasteiger partial charge in [0.25, 0.3) is 0 Å². The second-order valence-electron chi connectivity index (χ2n) is 6.35. The summed E-state index contributed by atoms with van der Waals surface area (Å²) in [6.45, 7) is -0.597. The van der Waals surface area contributed by atoms with E-state index in [1.54, 1.807) is 0 Å². The van der Waals surface area contributed by atoms with Crippen molar-refractivity contribution in [3.63, 3.8) is 0 Å². The first-order chi connectivity index (χ1) is 13.1. The van der Waals surface area contributed by atoms with Gasteiger partial charge in [0, 0.05) is 17.5 Å². The van der Waals surface area contributed by atoms with Crippen LogP contribution in [0.3, 0.4) is 0 Å². The molecule has 136 valence electrons. The highest BCUT2D eigenvalue weighted by atomic mass is 16.4. The molecule has 0 heterocycles. The van der Waals surface area contributed by atoms with Crippen LogP contribution < -0.4 is 0 Å². The van der Waals surface area contributed by atoms with E-state index in [4.69, 9.17) is 0 Å². The Labute approximate surface area is 158 Å². The lowest BCUT2D eigenvalue weighted by Crippen LogP contribution is -2.44. The summed E-state index contributed by atoms with van der Waals surface area (Å²) in [5, 5.41) is 20.0. The predicted octanol–water partition coefficient (Wildman–Crippen LogP) is 3.58. The monoisotopic (exact) mass is 359 g/mol. The maximum Gasteiger partial charge on any atom is 0.334 e. The van der Waals surface area contributed by atoms with E-state index in [0.717, 1.165) is 16.7 Å². The van der Waals surface area contributed by atoms with E-state index in [-0.39, 0.29) is 6.42 Å². The van der Waals surface area contributed by atoms with Crippen molar-refractivity contribution in [3.8, 4) is 0 Å². The zero-order chi connectivity index (χ0) is 19.1. The highest BCUT2D eigenvalue weighted by Gasteiger charge is 2.38. The second-order valence-corrected chi connectivity index (χ2v) is 6.35. The number of carboxylic acid groups (broad SMARTS) is 1. The molecule has 0 aliphatic heterocycles. The standard InChI is InChI=1S/C23H21NO3/c25-17-23(22(26)27,16-18-10-4-1-5-11-18)24-21(19-12-6-2-7-13-19)20-14-8-3-9-15-20/h1-15,25H,16-17H2,(H,26,27)/t23-/m0/s1. The lowest BCUT2D eigenvalue weighted by atomic mass is 9.90. The smallest absolute Gasteiger partial charge is 0.334 e. The van der Waals surface area contributed by atoms with E-state index in [1.165, 1.54) is 0 Å². The third-order valence-corrected chi connectivity index (χ3v) is 4.42. The Kier molecular flexibility index (Phi) is 5.79. The minimum Gasteiger partial charge on any atom is -0.479 e. The molecule has 0 aliphatic carbocycles. The molecule has 0 aromatic heterocycles. The summed E-state index contributed by atoms with van der Waals surface area (Å²) in [5.74, 6) is -1.15. The van der Waals surface area contributed by atoms with Gasteiger partial charge < -0.3 is 10.2 Å². The Bertz CT molecular complexity index is 867. The van der Waals surface area contributed by atoms with Gasteiger partial charge in [-0.05, 0) is 5.56 Å². The van der Waals surface area contributed by atoms with Crippen LogP contribution in [0.5, 0.6) is 0 Å². The first-order valence-corrected chi connectivity index (χ1v) is 8.73. The normalized spacial score (nSPS) is 12.8. The number of aliphatic hydroxyl groups excluding tert-OH is 1. The third-order valence-electron chi connectivity index (χ3n) is 4.42. The number of nitrogens with zero attached hydrogens (tertiary/aromatic N) is 1. The fourth-order valence-electron chi connectivity index (χ4n) is 2.96. The molecule has 4 heteroatoms. The van der Waals surface area contributed by atoms with E-state index in [1.807, 2.05) is 91.0 Å². The van der Waals surface area contributed by atoms with Crippen molar-refractivity contribution in [1.82, 2.24) is 0 Å². The molecule has 3 aromatic rings. The number of aliphatic imine (C=N–C) groups is 1. The molecule has 0 saturated carbocycles. The van der Waals surface area contributed by atoms with Gasteiger partial charge in [0.2, 0.25) is 0 Å². The molecule has 0 amide bonds. The first-order valence-electron chi connectivity index (χ1n) is 8.73. The summed E-state index contributed by atoms with van der Waals surface area (Å²) in [5.41, 5.74) is 1.29. The Morgan fingerprint density at radius 1 is 0.778 bits per heavy atom. The highest BCUT2D eigenvalue weighted by molar-refractivity contribution is 6.13. The number of hydrogen-bond donors (Lipinski definition) is 2. The molecule has 2 N–H and O–H groups in total. The van der Waals surface area contributed by atoms with Gasteiger partial charge in [0.05, 0.1) is 12.3 Å². The molecule has 3 aromatic carbocycles. The fraction of sp³-hybridized carbons (Fsp3) is 0.130. The molecule has 4 nitrogen and oxygen atoms in total. The fourth-order valence-corrected chi connectivity index (χ4v) is 2.96. The molecule has 3 rings (SSSR count). The average Bonchev–Trinajstić information content (AvgIpc) is 2.73. The van der Waals surface area contributed by atoms with Crippen molar-refractivity contribution in [2.24, 2.45) is 4.99 Å². The van der Waals surface area contributed by atoms with Crippen molar-refractivity contribution < 1.29 is 15.0 Å². The van der Waals surface area contributed by atoms with Gasteiger partial charge in [-0.25, -0.2) is 4.79 Å². The average molecular weight is 359 g/mol. The summed E-state index contributed by atoms with van der Waals surface area (Å²) in [6.07, 6.45) is 0.100. The second kappa shape index (κ2) is 8.43. The van der Waals surface area contributed by atoms with Gasteiger partial charge in [-0.15, -0.1) is 0 Å². The zero-order valence-corrected chi connectivity index (χ0v) is 14.8. The molecule has 0 fully saturated rings. The van der Waals surface area contributed by atoms with Gasteiger partial charge in [0.1, 0.15) is 0 Å². The first kappa shape index (κ1) is 18.5. The quantitative estimate of drug-likeness (QED) is 0.634. The Hall–Kier alpha value is -3.24. The minimum absolute atomic E-state index is 0.100. The minimum atomic E-state index is -1.66. The Balaban J connectivity index is 2.15. The predicted molar refractivity (Wildman–Crippen MR) is 106 cm³/mol. The van der Waals surface area contributed by atoms with Gasteiger partial charge in [0.15, 0.2) is 5.54 Å². The van der Waals surface area contributed by atoms with E-state index < -0.39 is 18.1 Å². The summed E-state index contributed by atoms with van der Waals surface area (Å²) in [4.78, 5) is 16.8. The molecular formula is C23H21NO3. The van der Waals surface area contributed by atoms with Gasteiger partial charge in [-0.3, -0.25) is 4.99 Å². The summed E-state index contributed by atoms with van der Waals surface area (Å²) < 4.78 is 0. The van der Waals surface area contributed by atoms with Crippen LogP contribution in [-0.4, -0.2) is 34.0 Å². The van der Waals surface area contributed by atoms with Crippen LogP contribution in [0, 0.1) is 0 Å². The van der Waals surface area contributed by atoms with Crippen LogP contribution in [0.25, 0.3) is 0 Å². The van der Waals surface area contributed by atoms with Crippen LogP contribution in [0.2, 0.25) is 0 Å². The van der Waals surface area contributed by atoms with Crippen molar-refractivity contribution in [2.75, 3.05) is 6.61 Å². The van der Waals surface area contributed by atoms with Crippen LogP contribution in [0.4, 0.5) is 0 Å². The maximum absolute atomic E-state index is 12.2. The van der Waals surface area contributed by atoms with Crippen molar-refractivity contribution in [3.05, 3.63) is 108 Å². The number of aliphatic hydroxyl groups is 1. The lowest BCUT2D eigenvalue weighted by Gasteiger charge is -2.25. The number of hydrogen-bond acceptors (Lipinski definition) is 3. The molecule has 0 unspecified atom stereocenters. The maximum atomic E-state index is 12.2. The van der Waals surface area contributed by atoms with E-state index in [2.05, 4.69) is 4.99 Å². The summed E-state index contributed by atoms with van der Waals surface area (Å²) in [6, 6.07) is 28.1. The van der Waals surface area contributed by atoms with E-state index >= 15 is 0 Å². The molecule has 0 bridgehead atoms. The van der Waals surface area contributed by atoms with Crippen molar-refractivity contribution in [2.45, 2.75) is 12.0 Å². The number of benzene rings is 3. The van der Waals surface area contributed by atoms with Crippen LogP contribution in [-0.2, 0) is 11.2 Å². The lowest BCUT2D eigenvalue weighted by molar-refractivity contribution is -0.144. The molecule has 0 aliphatic rings. The summed E-state index contributed by atoms with van der Waals surface area (Å²) in [7, 11) is 0. The number of rotatable bonds is 7. The summed E-state index contributed by atoms with van der Waals surface area (Å²) >= 11 is 0. The molecule has 0 radical (unpaired) electrons. The SMILES string of the molecule is O=C(O)[C@@](CO)(Cc1ccccc1)N=C(c1ccccc1)c1ccccc1. The Morgan fingerprint density at radius 3 is 1.63 bits per heavy atom. The highest BCUT2D eigenvalue weighted by Crippen LogP contribution is 2.22. The Morgan fingerprint density at radius 2 is 1.22 bits per heavy atom. The van der Waals surface area contributed by atoms with Crippen LogP contribution in [0.1, 0.15) is 16.7 Å². The molecule has 0 spiro atoms. The molecular weight excluding hydrogens is 338 g/mol. The third kappa shape index (κ3) is 4.30. The van der Waals surface area contributed by atoms with Gasteiger partial charge in [-0.2, -0.15) is 0 Å². The van der Waals surface area contributed by atoms with Crippen molar-refractivity contribution in [1.29, 1.82) is 0 Å². The topological polar surface area (TPSA) is 69.9 Å². The van der Waals surface area contributed by atoms with Crippen LogP contribution in [0.15, 0.2) is 96.0 Å². The van der Waals surface area contributed by atoms with E-state index in [9.17, 15) is 15.0 Å². The molecule has 0 saturated heterocycles. The van der Waals surface area contributed by atoms with E-state index in [0.29, 0.717) is 5.71 Å². The number of aliphatic carboxylic acids is 1. The van der Waals surface area contributed by atoms with Crippen LogP contribution >= 0.6 is 0 Å². The molecule has 27 heavy (non-hydrogen) atoms. The largest absolute Gasteiger partial charge is 0.479 e. The van der Waals surface area contributed by atoms with Crippen molar-refractivity contribution >= 4 is 11.7 Å². The number of carboxylic acids is 1. The zero-order valence-electron chi connectivity index (χ0n) is 14.8. The van der Waals surface area contributed by atoms with Gasteiger partial charge >= 0.3 is 5.97 Å². The van der Waals surface area contributed by atoms with Gasteiger partial charge in [-0.1, -0.05) is 91.0 Å².